The van der Waals surface area contributed by atoms with Crippen LogP contribution in [0.1, 0.15) is 0 Å². The Hall–Kier alpha value is -9.38. The van der Waals surface area contributed by atoms with Crippen molar-refractivity contribution in [1.29, 1.82) is 0 Å². The Kier molecular flexibility index (Phi) is 10.1. The third-order valence-electron chi connectivity index (χ3n) is 11.1. The molecular formula is C54H28N4O6. The van der Waals surface area contributed by atoms with Crippen molar-refractivity contribution in [3.05, 3.63) is 170 Å². The van der Waals surface area contributed by atoms with Crippen LogP contribution in [0, 0.1) is 0 Å². The van der Waals surface area contributed by atoms with E-state index in [4.69, 9.17) is 9.47 Å². The number of isocyanates is 4. The van der Waals surface area contributed by atoms with Crippen molar-refractivity contribution in [2.45, 2.75) is 0 Å². The molecule has 0 aromatic heterocycles. The molecule has 10 aromatic carbocycles. The van der Waals surface area contributed by atoms with Gasteiger partial charge in [0.25, 0.3) is 0 Å². The molecular weight excluding hydrogens is 801 g/mol. The van der Waals surface area contributed by atoms with E-state index in [-0.39, 0.29) is 0 Å². The van der Waals surface area contributed by atoms with Crippen molar-refractivity contribution < 1.29 is 28.7 Å². The quantitative estimate of drug-likeness (QED) is 0.0994. The number of carbonyl (C=O) groups excluding carboxylic acids is 4. The SMILES string of the molecule is O=C=Nc1ccc2ccc(-c3c(N=C=O)ccc4ccc(Oc5ccc6ccc(Oc7ccc8ccc(N=C=O)c(-c9ccc%10ccc(N=C=O)cc%10c9)c8c7)cc6c5)cc34)cc2c1. The zero-order valence-electron chi connectivity index (χ0n) is 33.4. The number of nitrogens with zero attached hydrogens (tertiary/aromatic N) is 4. The molecule has 10 heteroatoms. The summed E-state index contributed by atoms with van der Waals surface area (Å²) < 4.78 is 13.0. The zero-order valence-corrected chi connectivity index (χ0v) is 33.4. The van der Waals surface area contributed by atoms with Gasteiger partial charge in [-0.3, -0.25) is 0 Å². The molecule has 10 rings (SSSR count). The lowest BCUT2D eigenvalue weighted by atomic mass is 9.94. The second-order valence-electron chi connectivity index (χ2n) is 14.9. The Balaban J connectivity index is 0.981. The van der Waals surface area contributed by atoms with E-state index in [1.807, 2.05) is 133 Å². The standard InChI is InChI=1S/C54H28N4O6/c59-29-55-43-13-5-33-1-3-38(21-40(33)23-43)53-49-27-47(17-9-36(49)11-19-51(53)57-31-61)63-45-15-7-35-8-16-46(26-42(35)25-45)64-48-18-10-37-12-20-52(58-32-62)54(50(37)28-48)39-4-2-34-6-14-44(56-30-60)24-41(34)22-39/h1-28H. The fraction of sp³-hybridized carbons (Fsp3) is 0. The summed E-state index contributed by atoms with van der Waals surface area (Å²) in [5.41, 5.74) is 4.94. The molecule has 0 aliphatic heterocycles. The monoisotopic (exact) mass is 828 g/mol. The first-order chi connectivity index (χ1) is 31.5. The third-order valence-corrected chi connectivity index (χ3v) is 11.1. The van der Waals surface area contributed by atoms with Crippen LogP contribution in [0.25, 0.3) is 76.1 Å². The maximum atomic E-state index is 11.6. The molecule has 0 aliphatic carbocycles. The molecule has 10 nitrogen and oxygen atoms in total. The number of fused-ring (bicyclic) bond motifs is 5. The van der Waals surface area contributed by atoms with Gasteiger partial charge in [-0.05, 0) is 162 Å². The number of hydrogen-bond donors (Lipinski definition) is 0. The zero-order chi connectivity index (χ0) is 43.6. The van der Waals surface area contributed by atoms with Gasteiger partial charge < -0.3 is 9.47 Å². The van der Waals surface area contributed by atoms with E-state index >= 15 is 0 Å². The highest BCUT2D eigenvalue weighted by Crippen LogP contribution is 2.43. The van der Waals surface area contributed by atoms with Gasteiger partial charge in [-0.25, -0.2) is 19.2 Å². The number of aliphatic imine (C=N–C) groups is 4. The van der Waals surface area contributed by atoms with Crippen LogP contribution in [-0.2, 0) is 19.2 Å². The molecule has 0 radical (unpaired) electrons. The first kappa shape index (κ1) is 38.8. The van der Waals surface area contributed by atoms with Crippen LogP contribution < -0.4 is 9.47 Å². The van der Waals surface area contributed by atoms with Gasteiger partial charge in [-0.2, -0.15) is 20.0 Å². The molecule has 0 fully saturated rings. The average Bonchev–Trinajstić information content (AvgIpc) is 3.31. The van der Waals surface area contributed by atoms with Gasteiger partial charge in [0.15, 0.2) is 0 Å². The Morgan fingerprint density at radius 1 is 0.297 bits per heavy atom. The molecule has 0 spiro atoms. The van der Waals surface area contributed by atoms with E-state index in [1.165, 1.54) is 0 Å². The fourth-order valence-corrected chi connectivity index (χ4v) is 8.22. The Bertz CT molecular complexity index is 3540. The van der Waals surface area contributed by atoms with Crippen LogP contribution in [0.3, 0.4) is 0 Å². The van der Waals surface area contributed by atoms with Crippen LogP contribution in [0.2, 0.25) is 0 Å². The molecule has 0 heterocycles. The number of benzene rings is 10. The van der Waals surface area contributed by atoms with E-state index in [1.54, 1.807) is 60.7 Å². The minimum atomic E-state index is 0.451. The predicted octanol–water partition coefficient (Wildman–Crippen LogP) is 14.2. The number of hydrogen-bond acceptors (Lipinski definition) is 10. The van der Waals surface area contributed by atoms with Crippen molar-refractivity contribution in [3.63, 3.8) is 0 Å². The lowest BCUT2D eigenvalue weighted by Gasteiger charge is -2.14. The van der Waals surface area contributed by atoms with Gasteiger partial charge in [0.1, 0.15) is 23.0 Å². The van der Waals surface area contributed by atoms with Crippen LogP contribution in [-0.4, -0.2) is 24.3 Å². The summed E-state index contributed by atoms with van der Waals surface area (Å²) in [4.78, 5) is 60.7. The number of rotatable bonds is 10. The van der Waals surface area contributed by atoms with E-state index < -0.39 is 0 Å². The van der Waals surface area contributed by atoms with Gasteiger partial charge in [-0.15, -0.1) is 0 Å². The van der Waals surface area contributed by atoms with Crippen molar-refractivity contribution in [2.75, 3.05) is 0 Å². The second-order valence-corrected chi connectivity index (χ2v) is 14.9. The molecule has 0 saturated carbocycles. The number of ether oxygens (including phenoxy) is 2. The lowest BCUT2D eigenvalue weighted by Crippen LogP contribution is -1.89. The molecule has 0 atom stereocenters. The van der Waals surface area contributed by atoms with Gasteiger partial charge >= 0.3 is 0 Å². The molecule has 0 amide bonds. The third kappa shape index (κ3) is 7.51. The first-order valence-corrected chi connectivity index (χ1v) is 19.9. The van der Waals surface area contributed by atoms with Crippen LogP contribution in [0.15, 0.2) is 190 Å². The van der Waals surface area contributed by atoms with E-state index in [0.29, 0.717) is 45.7 Å². The minimum Gasteiger partial charge on any atom is -0.457 e. The topological polar surface area (TPSA) is 136 Å². The van der Waals surface area contributed by atoms with Crippen molar-refractivity contribution >= 4 is 101 Å². The molecule has 0 saturated heterocycles. The molecule has 64 heavy (non-hydrogen) atoms. The van der Waals surface area contributed by atoms with Gasteiger partial charge in [-0.1, -0.05) is 72.8 Å². The Morgan fingerprint density at radius 3 is 1.06 bits per heavy atom. The summed E-state index contributed by atoms with van der Waals surface area (Å²) in [6.07, 6.45) is 6.58. The molecule has 300 valence electrons. The highest BCUT2D eigenvalue weighted by Gasteiger charge is 2.15. The predicted molar refractivity (Wildman–Crippen MR) is 249 cm³/mol. The van der Waals surface area contributed by atoms with Crippen LogP contribution in [0.5, 0.6) is 23.0 Å². The normalized spacial score (nSPS) is 10.8. The molecule has 0 bridgehead atoms. The van der Waals surface area contributed by atoms with Gasteiger partial charge in [0, 0.05) is 11.1 Å². The van der Waals surface area contributed by atoms with E-state index in [0.717, 1.165) is 76.1 Å². The van der Waals surface area contributed by atoms with Crippen molar-refractivity contribution in [3.8, 4) is 45.3 Å². The molecule has 0 aliphatic rings. The van der Waals surface area contributed by atoms with E-state index in [2.05, 4.69) is 20.0 Å². The van der Waals surface area contributed by atoms with Gasteiger partial charge in [0.05, 0.1) is 22.7 Å². The summed E-state index contributed by atoms with van der Waals surface area (Å²) in [5, 5.41) is 8.93. The summed E-state index contributed by atoms with van der Waals surface area (Å²) >= 11 is 0. The van der Waals surface area contributed by atoms with Crippen LogP contribution in [0.4, 0.5) is 22.7 Å². The second kappa shape index (κ2) is 16.6. The molecule has 0 N–H and O–H groups in total. The maximum absolute atomic E-state index is 11.6. The Labute approximate surface area is 363 Å². The summed E-state index contributed by atoms with van der Waals surface area (Å²) in [7, 11) is 0. The Morgan fingerprint density at radius 2 is 0.641 bits per heavy atom. The molecule has 0 unspecified atom stereocenters. The minimum absolute atomic E-state index is 0.451. The lowest BCUT2D eigenvalue weighted by molar-refractivity contribution is 0.482. The van der Waals surface area contributed by atoms with Crippen molar-refractivity contribution in [1.82, 2.24) is 0 Å². The van der Waals surface area contributed by atoms with Crippen molar-refractivity contribution in [2.24, 2.45) is 20.0 Å². The average molecular weight is 829 g/mol. The largest absolute Gasteiger partial charge is 0.457 e. The highest BCUT2D eigenvalue weighted by molar-refractivity contribution is 6.06. The summed E-state index contributed by atoms with van der Waals surface area (Å²) in [5.74, 6) is 2.34. The molecule has 10 aromatic rings. The van der Waals surface area contributed by atoms with Gasteiger partial charge in [0.2, 0.25) is 24.3 Å². The smallest absolute Gasteiger partial charge is 0.240 e. The highest BCUT2D eigenvalue weighted by atomic mass is 16.5. The van der Waals surface area contributed by atoms with E-state index in [9.17, 15) is 19.2 Å². The van der Waals surface area contributed by atoms with Crippen LogP contribution >= 0.6 is 0 Å². The maximum Gasteiger partial charge on any atom is 0.240 e. The fourth-order valence-electron chi connectivity index (χ4n) is 8.22. The summed E-state index contributed by atoms with van der Waals surface area (Å²) in [6.45, 7) is 0. The summed E-state index contributed by atoms with van der Waals surface area (Å²) in [6, 6.07) is 53.2. The first-order valence-electron chi connectivity index (χ1n) is 19.9.